The summed E-state index contributed by atoms with van der Waals surface area (Å²) in [7, 11) is 0. The van der Waals surface area contributed by atoms with Gasteiger partial charge in [-0.3, -0.25) is 9.59 Å². The molecule has 1 unspecified atom stereocenters. The van der Waals surface area contributed by atoms with E-state index in [2.05, 4.69) is 19.2 Å². The molecule has 0 aromatic rings. The molecule has 4 nitrogen and oxygen atoms in total. The fraction of sp³-hybridized carbons (Fsp3) is 0.867. The standard InChI is InChI=1S/C15H26N2O2/c1-10(2)9-12-13(18)17(11-7-5-6-8-11)15(3,4)14(19)16-12/h10-12H,5-9H2,1-4H3,(H,16,19). The van der Waals surface area contributed by atoms with Crippen LogP contribution in [0.25, 0.3) is 0 Å². The molecule has 2 aliphatic rings. The maximum atomic E-state index is 12.7. The van der Waals surface area contributed by atoms with E-state index in [4.69, 9.17) is 0 Å². The number of nitrogens with one attached hydrogen (secondary N) is 1. The maximum Gasteiger partial charge on any atom is 0.246 e. The molecule has 0 aromatic heterocycles. The zero-order valence-corrected chi connectivity index (χ0v) is 12.5. The van der Waals surface area contributed by atoms with Gasteiger partial charge in [0.15, 0.2) is 0 Å². The van der Waals surface area contributed by atoms with Crippen LogP contribution in [0.1, 0.15) is 59.8 Å². The Hall–Kier alpha value is -1.06. The smallest absolute Gasteiger partial charge is 0.246 e. The van der Waals surface area contributed by atoms with Crippen LogP contribution in [0, 0.1) is 5.92 Å². The molecule has 4 heteroatoms. The lowest BCUT2D eigenvalue weighted by Crippen LogP contribution is -2.70. The zero-order chi connectivity index (χ0) is 14.2. The largest absolute Gasteiger partial charge is 0.342 e. The summed E-state index contributed by atoms with van der Waals surface area (Å²) in [5.74, 6) is 0.510. The lowest BCUT2D eigenvalue weighted by molar-refractivity contribution is -0.159. The fourth-order valence-corrected chi connectivity index (χ4v) is 3.38. The highest BCUT2D eigenvalue weighted by Crippen LogP contribution is 2.33. The van der Waals surface area contributed by atoms with E-state index in [1.54, 1.807) is 0 Å². The number of piperazine rings is 1. The average molecular weight is 266 g/mol. The summed E-state index contributed by atoms with van der Waals surface area (Å²) in [5, 5.41) is 2.91. The van der Waals surface area contributed by atoms with Crippen LogP contribution in [0.3, 0.4) is 0 Å². The number of hydrogen-bond donors (Lipinski definition) is 1. The summed E-state index contributed by atoms with van der Waals surface area (Å²) < 4.78 is 0. The number of rotatable bonds is 3. The molecule has 2 amide bonds. The van der Waals surface area contributed by atoms with E-state index < -0.39 is 5.54 Å². The van der Waals surface area contributed by atoms with Gasteiger partial charge in [-0.05, 0) is 39.0 Å². The Morgan fingerprint density at radius 2 is 1.84 bits per heavy atom. The molecule has 0 bridgehead atoms. The van der Waals surface area contributed by atoms with Gasteiger partial charge in [-0.2, -0.15) is 0 Å². The molecule has 1 saturated heterocycles. The average Bonchev–Trinajstić information content (AvgIpc) is 2.79. The van der Waals surface area contributed by atoms with Crippen LogP contribution in [-0.4, -0.2) is 34.3 Å². The van der Waals surface area contributed by atoms with Crippen LogP contribution >= 0.6 is 0 Å². The van der Waals surface area contributed by atoms with Crippen LogP contribution in [0.2, 0.25) is 0 Å². The summed E-state index contributed by atoms with van der Waals surface area (Å²) in [6.45, 7) is 7.90. The molecule has 0 aromatic carbocycles. The summed E-state index contributed by atoms with van der Waals surface area (Å²) in [6, 6.07) is -0.0793. The number of nitrogens with zero attached hydrogens (tertiary/aromatic N) is 1. The summed E-state index contributed by atoms with van der Waals surface area (Å²) in [5.41, 5.74) is -0.709. The van der Waals surface area contributed by atoms with Crippen molar-refractivity contribution in [3.05, 3.63) is 0 Å². The molecule has 0 spiro atoms. The minimum atomic E-state index is -0.709. The van der Waals surface area contributed by atoms with Crippen LogP contribution in [0.4, 0.5) is 0 Å². The van der Waals surface area contributed by atoms with E-state index in [0.717, 1.165) is 19.3 Å². The van der Waals surface area contributed by atoms with Crippen molar-refractivity contribution >= 4 is 11.8 Å². The molecule has 108 valence electrons. The minimum absolute atomic E-state index is 0.00958. The Morgan fingerprint density at radius 1 is 1.26 bits per heavy atom. The van der Waals surface area contributed by atoms with Crippen molar-refractivity contribution in [3.8, 4) is 0 Å². The van der Waals surface area contributed by atoms with Gasteiger partial charge in [0.05, 0.1) is 0 Å². The first kappa shape index (κ1) is 14.4. The van der Waals surface area contributed by atoms with Crippen LogP contribution in [0.15, 0.2) is 0 Å². The summed E-state index contributed by atoms with van der Waals surface area (Å²) in [6.07, 6.45) is 5.14. The fourth-order valence-electron chi connectivity index (χ4n) is 3.38. The highest BCUT2D eigenvalue weighted by molar-refractivity contribution is 5.99. The minimum Gasteiger partial charge on any atom is -0.342 e. The second-order valence-electron chi connectivity index (χ2n) is 6.86. The second-order valence-corrected chi connectivity index (χ2v) is 6.86. The predicted octanol–water partition coefficient (Wildman–Crippen LogP) is 2.08. The quantitative estimate of drug-likeness (QED) is 0.850. The van der Waals surface area contributed by atoms with E-state index in [9.17, 15) is 9.59 Å². The van der Waals surface area contributed by atoms with Crippen molar-refractivity contribution < 1.29 is 9.59 Å². The zero-order valence-electron chi connectivity index (χ0n) is 12.5. The van der Waals surface area contributed by atoms with Crippen LogP contribution in [0.5, 0.6) is 0 Å². The van der Waals surface area contributed by atoms with Gasteiger partial charge in [-0.25, -0.2) is 0 Å². The van der Waals surface area contributed by atoms with E-state index in [-0.39, 0.29) is 23.9 Å². The molecule has 19 heavy (non-hydrogen) atoms. The summed E-state index contributed by atoms with van der Waals surface area (Å²) in [4.78, 5) is 26.9. The number of carbonyl (C=O) groups is 2. The van der Waals surface area contributed by atoms with Crippen molar-refractivity contribution in [2.45, 2.75) is 77.4 Å². The highest BCUT2D eigenvalue weighted by Gasteiger charge is 2.49. The first-order valence-electron chi connectivity index (χ1n) is 7.48. The third kappa shape index (κ3) is 2.63. The van der Waals surface area contributed by atoms with Crippen LogP contribution in [-0.2, 0) is 9.59 Å². The number of amides is 2. The third-order valence-corrected chi connectivity index (χ3v) is 4.40. The van der Waals surface area contributed by atoms with Gasteiger partial charge >= 0.3 is 0 Å². The molecule has 2 rings (SSSR count). The predicted molar refractivity (Wildman–Crippen MR) is 74.6 cm³/mol. The van der Waals surface area contributed by atoms with Gasteiger partial charge in [-0.1, -0.05) is 26.7 Å². The first-order chi connectivity index (χ1) is 8.84. The van der Waals surface area contributed by atoms with E-state index >= 15 is 0 Å². The van der Waals surface area contributed by atoms with Crippen molar-refractivity contribution in [1.82, 2.24) is 10.2 Å². The first-order valence-corrected chi connectivity index (χ1v) is 7.48. The molecule has 1 saturated carbocycles. The van der Waals surface area contributed by atoms with Gasteiger partial charge in [0.1, 0.15) is 11.6 Å². The second kappa shape index (κ2) is 5.14. The van der Waals surface area contributed by atoms with Gasteiger partial charge in [0, 0.05) is 6.04 Å². The molecule has 1 aliphatic heterocycles. The number of hydrogen-bond acceptors (Lipinski definition) is 2. The Labute approximate surface area is 115 Å². The van der Waals surface area contributed by atoms with Crippen LogP contribution < -0.4 is 5.32 Å². The van der Waals surface area contributed by atoms with Gasteiger partial charge in [-0.15, -0.1) is 0 Å². The maximum absolute atomic E-state index is 12.7. The van der Waals surface area contributed by atoms with Gasteiger partial charge in [0.25, 0.3) is 0 Å². The van der Waals surface area contributed by atoms with Crippen molar-refractivity contribution in [3.63, 3.8) is 0 Å². The monoisotopic (exact) mass is 266 g/mol. The Bertz CT molecular complexity index is 370. The lowest BCUT2D eigenvalue weighted by Gasteiger charge is -2.47. The number of carbonyl (C=O) groups excluding carboxylic acids is 2. The Balaban J connectivity index is 2.24. The molecule has 1 heterocycles. The lowest BCUT2D eigenvalue weighted by atomic mass is 9.90. The molecule has 1 aliphatic carbocycles. The molecular weight excluding hydrogens is 240 g/mol. The van der Waals surface area contributed by atoms with E-state index in [1.807, 2.05) is 18.7 Å². The Morgan fingerprint density at radius 3 is 2.37 bits per heavy atom. The third-order valence-electron chi connectivity index (χ3n) is 4.40. The normalized spacial score (nSPS) is 28.1. The molecule has 0 radical (unpaired) electrons. The molecule has 2 fully saturated rings. The topological polar surface area (TPSA) is 49.4 Å². The molecule has 1 atom stereocenters. The molecule has 1 N–H and O–H groups in total. The van der Waals surface area contributed by atoms with Crippen molar-refractivity contribution in [2.24, 2.45) is 5.92 Å². The van der Waals surface area contributed by atoms with E-state index in [0.29, 0.717) is 5.92 Å². The summed E-state index contributed by atoms with van der Waals surface area (Å²) >= 11 is 0. The SMILES string of the molecule is CC(C)CC1NC(=O)C(C)(C)N(C2CCCC2)C1=O. The molecular formula is C15H26N2O2. The van der Waals surface area contributed by atoms with Gasteiger partial charge < -0.3 is 10.2 Å². The Kier molecular flexibility index (Phi) is 3.88. The van der Waals surface area contributed by atoms with Crippen molar-refractivity contribution in [2.75, 3.05) is 0 Å². The van der Waals surface area contributed by atoms with Crippen molar-refractivity contribution in [1.29, 1.82) is 0 Å². The highest BCUT2D eigenvalue weighted by atomic mass is 16.2. The van der Waals surface area contributed by atoms with E-state index in [1.165, 1.54) is 12.8 Å². The van der Waals surface area contributed by atoms with Gasteiger partial charge in [0.2, 0.25) is 11.8 Å².